The quantitative estimate of drug-likeness (QED) is 0.348. The summed E-state index contributed by atoms with van der Waals surface area (Å²) in [5.41, 5.74) is 0. The van der Waals surface area contributed by atoms with Gasteiger partial charge in [-0.3, -0.25) is 0 Å². The Morgan fingerprint density at radius 3 is 0.880 bits per heavy atom. The summed E-state index contributed by atoms with van der Waals surface area (Å²) < 4.78 is 19.1. The molecule has 0 aliphatic carbocycles. The predicted octanol–water partition coefficient (Wildman–Crippen LogP) is 3.08. The van der Waals surface area contributed by atoms with E-state index in [1.165, 1.54) is 0 Å². The van der Waals surface area contributed by atoms with Crippen molar-refractivity contribution in [3.63, 3.8) is 0 Å². The summed E-state index contributed by atoms with van der Waals surface area (Å²) in [4.78, 5) is 6.88. The second-order valence-electron chi connectivity index (χ2n) is 6.16. The van der Waals surface area contributed by atoms with E-state index >= 15 is 0 Å². The van der Waals surface area contributed by atoms with Gasteiger partial charge in [-0.05, 0) is 0 Å². The molecule has 0 N–H and O–H groups in total. The van der Waals surface area contributed by atoms with Gasteiger partial charge in [-0.15, -0.1) is 0 Å². The minimum atomic E-state index is -3.10. The van der Waals surface area contributed by atoms with Crippen LogP contribution in [-0.2, 0) is 8.56 Å². The van der Waals surface area contributed by atoms with Crippen LogP contribution in [0.25, 0.3) is 0 Å². The molecule has 6 nitrogen and oxygen atoms in total. The molecule has 0 radical (unpaired) electrons. The summed E-state index contributed by atoms with van der Waals surface area (Å²) in [7, 11) is 0. The van der Waals surface area contributed by atoms with Gasteiger partial charge >= 0.3 is 166 Å². The Morgan fingerprint density at radius 1 is 0.520 bits per heavy atom. The van der Waals surface area contributed by atoms with E-state index in [1.807, 2.05) is 0 Å². The first kappa shape index (κ1) is 25.6. The van der Waals surface area contributed by atoms with Crippen LogP contribution in [0.15, 0.2) is 0 Å². The van der Waals surface area contributed by atoms with E-state index in [-0.39, 0.29) is 18.7 Å². The molecule has 25 heavy (non-hydrogen) atoms. The third-order valence-corrected chi connectivity index (χ3v) is 10.2. The topological polar surface area (TPSA) is 37.4 Å². The molecule has 0 aliphatic rings. The van der Waals surface area contributed by atoms with Gasteiger partial charge in [-0.25, -0.2) is 0 Å². The molecule has 0 aromatic rings. The van der Waals surface area contributed by atoms with Gasteiger partial charge in [-0.1, -0.05) is 0 Å². The molecule has 0 saturated carbocycles. The van der Waals surface area contributed by atoms with E-state index in [2.05, 4.69) is 77.0 Å². The number of hydrogen-bond acceptors (Lipinski definition) is 6. The van der Waals surface area contributed by atoms with Crippen molar-refractivity contribution in [2.45, 2.75) is 81.0 Å². The summed E-state index contributed by atoms with van der Waals surface area (Å²) in [6.45, 7) is 25.1. The molecular formula is C18H42InN3O3. The molecule has 0 rings (SSSR count). The van der Waals surface area contributed by atoms with Crippen molar-refractivity contribution >= 4 is 22.7 Å². The molecule has 0 fully saturated rings. The van der Waals surface area contributed by atoms with Gasteiger partial charge in [0, 0.05) is 0 Å². The Balaban J connectivity index is 5.02. The molecule has 0 spiro atoms. The van der Waals surface area contributed by atoms with Crippen LogP contribution in [0.3, 0.4) is 0 Å². The Labute approximate surface area is 166 Å². The maximum absolute atomic E-state index is 6.35. The van der Waals surface area contributed by atoms with E-state index in [9.17, 15) is 0 Å². The summed E-state index contributed by atoms with van der Waals surface area (Å²) in [5, 5.41) is 0. The van der Waals surface area contributed by atoms with Crippen molar-refractivity contribution in [2.24, 2.45) is 0 Å². The third-order valence-electron chi connectivity index (χ3n) is 4.90. The standard InChI is InChI=1S/3C6H14NO.In/c3*1-4-7(5-2)6(3)8;/h3*6H,4-5H2,1-3H3;/q3*-1;+3. The maximum atomic E-state index is 6.35. The normalized spacial score (nSPS) is 15.8. The number of rotatable bonds is 15. The van der Waals surface area contributed by atoms with E-state index in [0.717, 1.165) is 39.3 Å². The zero-order valence-electron chi connectivity index (χ0n) is 18.1. The molecule has 0 aliphatic heterocycles. The second kappa shape index (κ2) is 14.7. The van der Waals surface area contributed by atoms with Crippen LogP contribution in [-0.4, -0.2) is 95.4 Å². The van der Waals surface area contributed by atoms with Crippen LogP contribution < -0.4 is 0 Å². The molecule has 0 bridgehead atoms. The second-order valence-corrected chi connectivity index (χ2v) is 10.1. The zero-order chi connectivity index (χ0) is 19.4. The Kier molecular flexibility index (Phi) is 15.0. The fraction of sp³-hybridized carbons (Fsp3) is 1.00. The summed E-state index contributed by atoms with van der Waals surface area (Å²) >= 11 is -3.10. The Hall–Kier alpha value is 0.630. The van der Waals surface area contributed by atoms with Crippen molar-refractivity contribution in [2.75, 3.05) is 39.3 Å². The zero-order valence-corrected chi connectivity index (χ0v) is 21.4. The predicted molar refractivity (Wildman–Crippen MR) is 106 cm³/mol. The van der Waals surface area contributed by atoms with Crippen molar-refractivity contribution in [3.8, 4) is 0 Å². The first-order chi connectivity index (χ1) is 11.9. The summed E-state index contributed by atoms with van der Waals surface area (Å²) in [6.07, 6.45) is 0.0934. The van der Waals surface area contributed by atoms with Gasteiger partial charge in [-0.2, -0.15) is 0 Å². The molecular weight excluding hydrogens is 421 g/mol. The van der Waals surface area contributed by atoms with Gasteiger partial charge in [0.25, 0.3) is 0 Å². The SMILES string of the molecule is CCN(CC)C(C)[O][In]([O]C(C)N(CC)CC)[O]C(C)N(CC)CC. The van der Waals surface area contributed by atoms with Crippen LogP contribution in [0.2, 0.25) is 0 Å². The molecule has 0 saturated heterocycles. The van der Waals surface area contributed by atoms with E-state index in [0.29, 0.717) is 0 Å². The number of hydrogen-bond donors (Lipinski definition) is 0. The summed E-state index contributed by atoms with van der Waals surface area (Å²) in [6, 6.07) is 0. The average Bonchev–Trinajstić information content (AvgIpc) is 2.57. The van der Waals surface area contributed by atoms with Crippen LogP contribution in [0, 0.1) is 0 Å². The van der Waals surface area contributed by atoms with Crippen LogP contribution in [0.5, 0.6) is 0 Å². The van der Waals surface area contributed by atoms with Crippen LogP contribution in [0.4, 0.5) is 0 Å². The fourth-order valence-corrected chi connectivity index (χ4v) is 7.83. The van der Waals surface area contributed by atoms with Gasteiger partial charge in [0.15, 0.2) is 0 Å². The van der Waals surface area contributed by atoms with Gasteiger partial charge < -0.3 is 0 Å². The minimum absolute atomic E-state index is 0.0311. The van der Waals surface area contributed by atoms with Gasteiger partial charge in [0.1, 0.15) is 0 Å². The van der Waals surface area contributed by atoms with Crippen molar-refractivity contribution in [3.05, 3.63) is 0 Å². The van der Waals surface area contributed by atoms with Gasteiger partial charge in [0.05, 0.1) is 0 Å². The first-order valence-electron chi connectivity index (χ1n) is 10.1. The van der Waals surface area contributed by atoms with Crippen molar-refractivity contribution in [1.29, 1.82) is 0 Å². The monoisotopic (exact) mass is 463 g/mol. The van der Waals surface area contributed by atoms with E-state index in [1.54, 1.807) is 0 Å². The Bertz CT molecular complexity index is 266. The van der Waals surface area contributed by atoms with Crippen molar-refractivity contribution < 1.29 is 8.56 Å². The molecule has 150 valence electrons. The number of nitrogens with zero attached hydrogens (tertiary/aromatic N) is 3. The van der Waals surface area contributed by atoms with E-state index < -0.39 is 22.7 Å². The Morgan fingerprint density at radius 2 is 0.720 bits per heavy atom. The molecule has 0 aromatic carbocycles. The third kappa shape index (κ3) is 9.40. The molecule has 0 aromatic heterocycles. The fourth-order valence-electron chi connectivity index (χ4n) is 3.05. The van der Waals surface area contributed by atoms with Crippen LogP contribution in [0.1, 0.15) is 62.3 Å². The average molecular weight is 463 g/mol. The van der Waals surface area contributed by atoms with E-state index in [4.69, 9.17) is 8.56 Å². The molecule has 3 atom stereocenters. The summed E-state index contributed by atoms with van der Waals surface area (Å²) in [5.74, 6) is 0. The molecule has 0 heterocycles. The van der Waals surface area contributed by atoms with Gasteiger partial charge in [0.2, 0.25) is 0 Å². The van der Waals surface area contributed by atoms with Crippen molar-refractivity contribution in [1.82, 2.24) is 14.7 Å². The molecule has 7 heteroatoms. The molecule has 3 unspecified atom stereocenters. The molecule has 0 amide bonds. The van der Waals surface area contributed by atoms with Crippen LogP contribution >= 0.6 is 0 Å². The first-order valence-corrected chi connectivity index (χ1v) is 14.1.